The third-order valence-electron chi connectivity index (χ3n) is 5.37. The van der Waals surface area contributed by atoms with E-state index in [1.54, 1.807) is 30.3 Å². The Bertz CT molecular complexity index is 1060. The van der Waals surface area contributed by atoms with Crippen molar-refractivity contribution in [3.63, 3.8) is 0 Å². The molecule has 0 bridgehead atoms. The van der Waals surface area contributed by atoms with Gasteiger partial charge in [-0.1, -0.05) is 19.1 Å². The Kier molecular flexibility index (Phi) is 6.32. The van der Waals surface area contributed by atoms with Crippen LogP contribution >= 0.6 is 0 Å². The number of aliphatic hydroxyl groups is 1. The minimum atomic E-state index is -0.777. The Balaban J connectivity index is 1.80. The third kappa shape index (κ3) is 4.01. The lowest BCUT2D eigenvalue weighted by molar-refractivity contribution is -0.140. The van der Waals surface area contributed by atoms with Crippen molar-refractivity contribution in [2.24, 2.45) is 0 Å². The summed E-state index contributed by atoms with van der Waals surface area (Å²) in [5.74, 6) is -0.0554. The molecule has 1 amide bonds. The van der Waals surface area contributed by atoms with Crippen LogP contribution in [0.1, 0.15) is 30.5 Å². The molecular weight excluding hydrogens is 414 g/mol. The molecule has 2 aliphatic rings. The highest BCUT2D eigenvalue weighted by Gasteiger charge is 2.46. The molecule has 8 nitrogen and oxygen atoms in total. The maximum absolute atomic E-state index is 13.0. The SMILES string of the molecule is CCCOc1cccc(C2/C(=C(/O)c3ccc4c(c3)OCO4)C(=O)C(=O)N2CCOC)c1. The van der Waals surface area contributed by atoms with E-state index in [2.05, 4.69) is 0 Å². The Labute approximate surface area is 185 Å². The van der Waals surface area contributed by atoms with Crippen molar-refractivity contribution in [3.05, 3.63) is 59.2 Å². The molecule has 2 heterocycles. The van der Waals surface area contributed by atoms with E-state index in [4.69, 9.17) is 18.9 Å². The summed E-state index contributed by atoms with van der Waals surface area (Å²) in [6.07, 6.45) is 0.848. The van der Waals surface area contributed by atoms with E-state index in [1.807, 2.05) is 19.1 Å². The van der Waals surface area contributed by atoms with Crippen LogP contribution in [0.5, 0.6) is 17.2 Å². The van der Waals surface area contributed by atoms with E-state index in [0.717, 1.165) is 6.42 Å². The van der Waals surface area contributed by atoms with Crippen molar-refractivity contribution < 1.29 is 33.6 Å². The van der Waals surface area contributed by atoms with Crippen LogP contribution in [0.2, 0.25) is 0 Å². The second kappa shape index (κ2) is 9.32. The van der Waals surface area contributed by atoms with Gasteiger partial charge in [-0.2, -0.15) is 0 Å². The van der Waals surface area contributed by atoms with Crippen LogP contribution in [0, 0.1) is 0 Å². The highest BCUT2D eigenvalue weighted by molar-refractivity contribution is 6.46. The largest absolute Gasteiger partial charge is 0.507 e. The summed E-state index contributed by atoms with van der Waals surface area (Å²) in [4.78, 5) is 27.3. The number of rotatable bonds is 8. The first kappa shape index (κ1) is 21.7. The zero-order valence-electron chi connectivity index (χ0n) is 18.0. The number of fused-ring (bicyclic) bond motifs is 1. The smallest absolute Gasteiger partial charge is 0.295 e. The summed E-state index contributed by atoms with van der Waals surface area (Å²) < 4.78 is 21.6. The average Bonchev–Trinajstić information content (AvgIpc) is 3.38. The standard InChI is InChI=1S/C24H25NO7/c1-3-10-30-17-6-4-5-15(12-17)21-20(23(27)24(28)25(21)9-11-29-2)22(26)16-7-8-18-19(13-16)32-14-31-18/h4-8,12-13,21,26H,3,9-11,14H2,1-2H3/b22-20-. The van der Waals surface area contributed by atoms with Crippen LogP contribution in [0.25, 0.3) is 5.76 Å². The normalized spacial score (nSPS) is 18.9. The number of carbonyl (C=O) groups is 2. The summed E-state index contributed by atoms with van der Waals surface area (Å²) in [6.45, 7) is 3.09. The molecule has 0 saturated carbocycles. The molecule has 1 fully saturated rings. The van der Waals surface area contributed by atoms with Crippen molar-refractivity contribution in [2.45, 2.75) is 19.4 Å². The lowest BCUT2D eigenvalue weighted by Gasteiger charge is -2.25. The Morgan fingerprint density at radius 1 is 1.12 bits per heavy atom. The first-order valence-corrected chi connectivity index (χ1v) is 10.4. The number of ketones is 1. The molecule has 1 saturated heterocycles. The zero-order chi connectivity index (χ0) is 22.7. The summed E-state index contributed by atoms with van der Waals surface area (Å²) in [5, 5.41) is 11.1. The monoisotopic (exact) mass is 439 g/mol. The zero-order valence-corrected chi connectivity index (χ0v) is 18.0. The van der Waals surface area contributed by atoms with Gasteiger partial charge in [-0.05, 0) is 42.3 Å². The molecule has 2 aliphatic heterocycles. The number of likely N-dealkylation sites (tertiary alicyclic amines) is 1. The van der Waals surface area contributed by atoms with Gasteiger partial charge < -0.3 is 29.0 Å². The topological polar surface area (TPSA) is 94.5 Å². The van der Waals surface area contributed by atoms with Crippen LogP contribution in [0.15, 0.2) is 48.0 Å². The quantitative estimate of drug-likeness (QED) is 0.383. The minimum absolute atomic E-state index is 0.0117. The molecule has 1 unspecified atom stereocenters. The predicted octanol–water partition coefficient (Wildman–Crippen LogP) is 3.27. The van der Waals surface area contributed by atoms with Crippen molar-refractivity contribution in [1.29, 1.82) is 0 Å². The van der Waals surface area contributed by atoms with Crippen molar-refractivity contribution in [1.82, 2.24) is 4.90 Å². The predicted molar refractivity (Wildman–Crippen MR) is 116 cm³/mol. The number of hydrogen-bond donors (Lipinski definition) is 1. The average molecular weight is 439 g/mol. The number of amides is 1. The Hall–Kier alpha value is -3.52. The first-order chi connectivity index (χ1) is 15.5. The molecule has 4 rings (SSSR count). The van der Waals surface area contributed by atoms with Gasteiger partial charge in [-0.15, -0.1) is 0 Å². The summed E-state index contributed by atoms with van der Waals surface area (Å²) in [5.41, 5.74) is 1.04. The molecular formula is C24H25NO7. The van der Waals surface area contributed by atoms with Crippen LogP contribution in [-0.4, -0.2) is 55.4 Å². The van der Waals surface area contributed by atoms with Gasteiger partial charge in [0.05, 0.1) is 24.8 Å². The highest BCUT2D eigenvalue weighted by Crippen LogP contribution is 2.41. The van der Waals surface area contributed by atoms with Gasteiger partial charge in [-0.25, -0.2) is 0 Å². The molecule has 2 aromatic rings. The summed E-state index contributed by atoms with van der Waals surface area (Å²) in [7, 11) is 1.53. The minimum Gasteiger partial charge on any atom is -0.507 e. The lowest BCUT2D eigenvalue weighted by Crippen LogP contribution is -2.32. The molecule has 0 spiro atoms. The van der Waals surface area contributed by atoms with Crippen LogP contribution in [0.4, 0.5) is 0 Å². The number of Topliss-reactive ketones (excluding diaryl/α,β-unsaturated/α-hetero) is 1. The number of hydrogen-bond acceptors (Lipinski definition) is 7. The van der Waals surface area contributed by atoms with Gasteiger partial charge in [0.15, 0.2) is 11.5 Å². The number of aliphatic hydroxyl groups excluding tert-OH is 1. The van der Waals surface area contributed by atoms with Gasteiger partial charge in [0.1, 0.15) is 11.5 Å². The van der Waals surface area contributed by atoms with E-state index < -0.39 is 17.7 Å². The highest BCUT2D eigenvalue weighted by atomic mass is 16.7. The van der Waals surface area contributed by atoms with Gasteiger partial charge in [-0.3, -0.25) is 9.59 Å². The second-order valence-electron chi connectivity index (χ2n) is 7.47. The number of benzene rings is 2. The van der Waals surface area contributed by atoms with E-state index in [1.165, 1.54) is 12.0 Å². The molecule has 0 aromatic heterocycles. The fraction of sp³-hybridized carbons (Fsp3) is 0.333. The number of ether oxygens (including phenoxy) is 4. The van der Waals surface area contributed by atoms with Crippen LogP contribution in [-0.2, 0) is 14.3 Å². The van der Waals surface area contributed by atoms with Gasteiger partial charge in [0.25, 0.3) is 11.7 Å². The molecule has 8 heteroatoms. The molecule has 32 heavy (non-hydrogen) atoms. The first-order valence-electron chi connectivity index (χ1n) is 10.4. The van der Waals surface area contributed by atoms with Gasteiger partial charge in [0.2, 0.25) is 6.79 Å². The van der Waals surface area contributed by atoms with E-state index in [-0.39, 0.29) is 31.3 Å². The fourth-order valence-corrected chi connectivity index (χ4v) is 3.84. The molecule has 0 aliphatic carbocycles. The maximum Gasteiger partial charge on any atom is 0.295 e. The van der Waals surface area contributed by atoms with Crippen LogP contribution in [0.3, 0.4) is 0 Å². The lowest BCUT2D eigenvalue weighted by atomic mass is 9.95. The van der Waals surface area contributed by atoms with Crippen molar-refractivity contribution in [2.75, 3.05) is 33.7 Å². The molecule has 2 aromatic carbocycles. The number of carbonyl (C=O) groups excluding carboxylic acids is 2. The molecule has 168 valence electrons. The Morgan fingerprint density at radius 3 is 2.72 bits per heavy atom. The second-order valence-corrected chi connectivity index (χ2v) is 7.47. The maximum atomic E-state index is 13.0. The summed E-state index contributed by atoms with van der Waals surface area (Å²) >= 11 is 0. The number of methoxy groups -OCH3 is 1. The van der Waals surface area contributed by atoms with E-state index in [9.17, 15) is 14.7 Å². The summed E-state index contributed by atoms with van der Waals surface area (Å²) in [6, 6.07) is 11.3. The van der Waals surface area contributed by atoms with Gasteiger partial charge >= 0.3 is 0 Å². The molecule has 0 radical (unpaired) electrons. The van der Waals surface area contributed by atoms with Gasteiger partial charge in [0, 0.05) is 19.2 Å². The molecule has 1 atom stereocenters. The third-order valence-corrected chi connectivity index (χ3v) is 5.37. The molecule has 1 N–H and O–H groups in total. The van der Waals surface area contributed by atoms with Crippen molar-refractivity contribution in [3.8, 4) is 17.2 Å². The van der Waals surface area contributed by atoms with E-state index in [0.29, 0.717) is 35.0 Å². The Morgan fingerprint density at radius 2 is 1.94 bits per heavy atom. The van der Waals surface area contributed by atoms with Crippen LogP contribution < -0.4 is 14.2 Å². The van der Waals surface area contributed by atoms with Crippen molar-refractivity contribution >= 4 is 17.4 Å². The fourth-order valence-electron chi connectivity index (χ4n) is 3.84. The van der Waals surface area contributed by atoms with E-state index >= 15 is 0 Å². The number of nitrogens with zero attached hydrogens (tertiary/aromatic N) is 1.